The second-order valence-corrected chi connectivity index (χ2v) is 6.13. The van der Waals surface area contributed by atoms with Gasteiger partial charge in [-0.05, 0) is 45.6 Å². The first-order valence-electron chi connectivity index (χ1n) is 7.31. The van der Waals surface area contributed by atoms with E-state index < -0.39 is 0 Å². The average Bonchev–Trinajstić information content (AvgIpc) is 3.20. The van der Waals surface area contributed by atoms with Gasteiger partial charge in [0, 0.05) is 24.0 Å². The summed E-state index contributed by atoms with van der Waals surface area (Å²) in [5, 5.41) is 9.72. The lowest BCUT2D eigenvalue weighted by molar-refractivity contribution is 0.337. The Kier molecular flexibility index (Phi) is 3.09. The zero-order valence-corrected chi connectivity index (χ0v) is 12.1. The molecule has 0 atom stereocenters. The molecule has 0 bridgehead atoms. The van der Waals surface area contributed by atoms with Crippen LogP contribution in [0.5, 0.6) is 0 Å². The predicted octanol–water partition coefficient (Wildman–Crippen LogP) is 3.33. The summed E-state index contributed by atoms with van der Waals surface area (Å²) in [6.07, 6.45) is 2.73. The first-order valence-corrected chi connectivity index (χ1v) is 7.31. The number of benzene rings is 1. The molecule has 102 valence electrons. The maximum absolute atomic E-state index is 4.74. The predicted molar refractivity (Wildman–Crippen MR) is 79.0 cm³/mol. The van der Waals surface area contributed by atoms with Gasteiger partial charge in [0.15, 0.2) is 0 Å². The molecule has 0 amide bonds. The van der Waals surface area contributed by atoms with Crippen molar-refractivity contribution >= 4 is 10.9 Å². The van der Waals surface area contributed by atoms with Gasteiger partial charge < -0.3 is 5.32 Å². The van der Waals surface area contributed by atoms with Crippen molar-refractivity contribution in [3.8, 4) is 0 Å². The highest BCUT2D eigenvalue weighted by Gasteiger charge is 2.37. The van der Waals surface area contributed by atoms with Crippen molar-refractivity contribution in [1.29, 1.82) is 0 Å². The number of nitrogens with zero attached hydrogens (tertiary/aromatic N) is 2. The molecule has 0 aliphatic heterocycles. The number of fused-ring (bicyclic) bond motifs is 1. The van der Waals surface area contributed by atoms with Crippen molar-refractivity contribution in [2.24, 2.45) is 5.92 Å². The molecule has 1 aromatic heterocycles. The number of hydrogen-bond acceptors (Lipinski definition) is 2. The van der Waals surface area contributed by atoms with Crippen LogP contribution < -0.4 is 5.32 Å². The molecular formula is C16H23N3. The standard InChI is InChI=1S/C16H23N3/c1-4-19-15-8-6-5-7-13(15)14(18-19)11-17-16(2,3)12-9-10-12/h5-8,12,17H,4,9-11H2,1-3H3. The summed E-state index contributed by atoms with van der Waals surface area (Å²) >= 11 is 0. The highest BCUT2D eigenvalue weighted by Crippen LogP contribution is 2.39. The molecule has 1 aliphatic carbocycles. The van der Waals surface area contributed by atoms with Gasteiger partial charge in [-0.3, -0.25) is 4.68 Å². The molecule has 0 unspecified atom stereocenters. The van der Waals surface area contributed by atoms with Gasteiger partial charge in [-0.2, -0.15) is 5.10 Å². The van der Waals surface area contributed by atoms with Crippen molar-refractivity contribution in [1.82, 2.24) is 15.1 Å². The Hall–Kier alpha value is -1.35. The highest BCUT2D eigenvalue weighted by molar-refractivity contribution is 5.81. The smallest absolute Gasteiger partial charge is 0.0841 e. The third-order valence-electron chi connectivity index (χ3n) is 4.34. The van der Waals surface area contributed by atoms with Gasteiger partial charge in [0.05, 0.1) is 11.2 Å². The Labute approximate surface area is 115 Å². The molecule has 1 aromatic carbocycles. The van der Waals surface area contributed by atoms with E-state index in [2.05, 4.69) is 55.0 Å². The fraction of sp³-hybridized carbons (Fsp3) is 0.562. The molecule has 0 radical (unpaired) electrons. The summed E-state index contributed by atoms with van der Waals surface area (Å²) in [5.74, 6) is 0.840. The number of hydrogen-bond donors (Lipinski definition) is 1. The van der Waals surface area contributed by atoms with E-state index in [1.165, 1.54) is 29.4 Å². The zero-order valence-electron chi connectivity index (χ0n) is 12.1. The van der Waals surface area contributed by atoms with Crippen LogP contribution in [0.4, 0.5) is 0 Å². The second-order valence-electron chi connectivity index (χ2n) is 6.13. The molecule has 1 heterocycles. The fourth-order valence-corrected chi connectivity index (χ4v) is 2.83. The minimum absolute atomic E-state index is 0.233. The molecule has 3 rings (SSSR count). The van der Waals surface area contributed by atoms with E-state index in [-0.39, 0.29) is 5.54 Å². The average molecular weight is 257 g/mol. The Bertz CT molecular complexity index is 579. The third-order valence-corrected chi connectivity index (χ3v) is 4.34. The fourth-order valence-electron chi connectivity index (χ4n) is 2.83. The van der Waals surface area contributed by atoms with Crippen LogP contribution in [0.15, 0.2) is 24.3 Å². The molecule has 2 aromatic rings. The summed E-state index contributed by atoms with van der Waals surface area (Å²) in [7, 11) is 0. The van der Waals surface area contributed by atoms with Crippen molar-refractivity contribution in [2.75, 3.05) is 0 Å². The lowest BCUT2D eigenvalue weighted by Crippen LogP contribution is -2.40. The minimum atomic E-state index is 0.233. The van der Waals surface area contributed by atoms with Gasteiger partial charge in [-0.1, -0.05) is 18.2 Å². The second kappa shape index (κ2) is 4.64. The highest BCUT2D eigenvalue weighted by atomic mass is 15.3. The first kappa shape index (κ1) is 12.7. The van der Waals surface area contributed by atoms with Crippen LogP contribution in [0.1, 0.15) is 39.3 Å². The van der Waals surface area contributed by atoms with Gasteiger partial charge in [0.25, 0.3) is 0 Å². The largest absolute Gasteiger partial charge is 0.306 e. The van der Waals surface area contributed by atoms with E-state index in [0.29, 0.717) is 0 Å². The normalized spacial score (nSPS) is 16.2. The van der Waals surface area contributed by atoms with Gasteiger partial charge in [0.2, 0.25) is 0 Å². The van der Waals surface area contributed by atoms with E-state index >= 15 is 0 Å². The van der Waals surface area contributed by atoms with E-state index in [9.17, 15) is 0 Å². The van der Waals surface area contributed by atoms with Crippen molar-refractivity contribution in [3.05, 3.63) is 30.0 Å². The lowest BCUT2D eigenvalue weighted by Gasteiger charge is -2.25. The SMILES string of the molecule is CCn1nc(CNC(C)(C)C2CC2)c2ccccc21. The maximum atomic E-state index is 4.74. The number of para-hydroxylation sites is 1. The Morgan fingerprint density at radius 3 is 2.74 bits per heavy atom. The van der Waals surface area contributed by atoms with Crippen LogP contribution in [0.2, 0.25) is 0 Å². The minimum Gasteiger partial charge on any atom is -0.306 e. The quantitative estimate of drug-likeness (QED) is 0.890. The molecule has 1 fully saturated rings. The van der Waals surface area contributed by atoms with Gasteiger partial charge >= 0.3 is 0 Å². The summed E-state index contributed by atoms with van der Waals surface area (Å²) in [6.45, 7) is 8.54. The number of aromatic nitrogens is 2. The summed E-state index contributed by atoms with van der Waals surface area (Å²) in [4.78, 5) is 0. The molecule has 0 spiro atoms. The summed E-state index contributed by atoms with van der Waals surface area (Å²) in [5.41, 5.74) is 2.65. The Morgan fingerprint density at radius 2 is 2.05 bits per heavy atom. The monoisotopic (exact) mass is 257 g/mol. The van der Waals surface area contributed by atoms with E-state index in [1.54, 1.807) is 0 Å². The summed E-state index contributed by atoms with van der Waals surface area (Å²) in [6, 6.07) is 8.51. The van der Waals surface area contributed by atoms with Crippen LogP contribution in [0, 0.1) is 5.92 Å². The molecule has 1 saturated carbocycles. The van der Waals surface area contributed by atoms with Crippen molar-refractivity contribution < 1.29 is 0 Å². The van der Waals surface area contributed by atoms with E-state index in [4.69, 9.17) is 5.10 Å². The Morgan fingerprint density at radius 1 is 1.32 bits per heavy atom. The molecule has 3 heteroatoms. The molecule has 19 heavy (non-hydrogen) atoms. The van der Waals surface area contributed by atoms with Crippen LogP contribution in [-0.4, -0.2) is 15.3 Å². The van der Waals surface area contributed by atoms with Gasteiger partial charge in [-0.15, -0.1) is 0 Å². The Balaban J connectivity index is 1.84. The maximum Gasteiger partial charge on any atom is 0.0841 e. The summed E-state index contributed by atoms with van der Waals surface area (Å²) < 4.78 is 2.09. The van der Waals surface area contributed by atoms with Crippen LogP contribution in [0.3, 0.4) is 0 Å². The number of nitrogens with one attached hydrogen (secondary N) is 1. The van der Waals surface area contributed by atoms with Crippen molar-refractivity contribution in [3.63, 3.8) is 0 Å². The number of aryl methyl sites for hydroxylation is 1. The van der Waals surface area contributed by atoms with Crippen molar-refractivity contribution in [2.45, 2.75) is 52.2 Å². The van der Waals surface area contributed by atoms with Gasteiger partial charge in [0.1, 0.15) is 0 Å². The van der Waals surface area contributed by atoms with Gasteiger partial charge in [-0.25, -0.2) is 0 Å². The molecule has 1 N–H and O–H groups in total. The third kappa shape index (κ3) is 2.39. The zero-order chi connectivity index (χ0) is 13.5. The van der Waals surface area contributed by atoms with Crippen LogP contribution in [0.25, 0.3) is 10.9 Å². The van der Waals surface area contributed by atoms with Crippen LogP contribution in [-0.2, 0) is 13.1 Å². The molecule has 0 saturated heterocycles. The first-order chi connectivity index (χ1) is 9.12. The molecule has 1 aliphatic rings. The van der Waals surface area contributed by atoms with E-state index in [1.807, 2.05) is 0 Å². The lowest BCUT2D eigenvalue weighted by atomic mass is 9.98. The van der Waals surface area contributed by atoms with E-state index in [0.717, 1.165) is 19.0 Å². The topological polar surface area (TPSA) is 29.9 Å². The molecular weight excluding hydrogens is 234 g/mol. The molecule has 3 nitrogen and oxygen atoms in total. The number of rotatable bonds is 5. The van der Waals surface area contributed by atoms with Crippen LogP contribution >= 0.6 is 0 Å².